The molecule has 0 unspecified atom stereocenters. The lowest BCUT2D eigenvalue weighted by Gasteiger charge is -2.33. The monoisotopic (exact) mass is 327 g/mol. The van der Waals surface area contributed by atoms with E-state index >= 15 is 0 Å². The molecule has 21 heavy (non-hydrogen) atoms. The van der Waals surface area contributed by atoms with Gasteiger partial charge in [0.05, 0.1) is 18.9 Å². The van der Waals surface area contributed by atoms with Gasteiger partial charge in [-0.3, -0.25) is 9.59 Å². The Balaban J connectivity index is 1.92. The highest BCUT2D eigenvalue weighted by Gasteiger charge is 2.58. The number of hydrogen-bond acceptors (Lipinski definition) is 3. The Morgan fingerprint density at radius 1 is 1.33 bits per heavy atom. The number of carbonyl (C=O) groups excluding carboxylic acids is 2. The van der Waals surface area contributed by atoms with E-state index in [1.807, 2.05) is 24.3 Å². The normalized spacial score (nSPS) is 26.0. The third-order valence-corrected chi connectivity index (χ3v) is 4.96. The smallest absolute Gasteiger partial charge is 0.313 e. The predicted octanol–water partition coefficient (Wildman–Crippen LogP) is 2.87. The standard InChI is InChI=1S/C15H15Cl2NO3/c1-21-14(20)10-6-7-18(12-5-3-2-4-9(10)12)13(19)11-8-15(11,16)17/h2-5,10-11H,6-8H2,1H3/t10-,11-/m0/s1. The molecule has 1 aromatic rings. The summed E-state index contributed by atoms with van der Waals surface area (Å²) in [7, 11) is 1.38. The van der Waals surface area contributed by atoms with E-state index in [-0.39, 0.29) is 23.7 Å². The Kier molecular flexibility index (Phi) is 3.62. The van der Waals surface area contributed by atoms with Crippen LogP contribution in [0.4, 0.5) is 5.69 Å². The predicted molar refractivity (Wildman–Crippen MR) is 80.7 cm³/mol. The van der Waals surface area contributed by atoms with Gasteiger partial charge >= 0.3 is 5.97 Å². The molecule has 1 aliphatic carbocycles. The topological polar surface area (TPSA) is 46.6 Å². The van der Waals surface area contributed by atoms with Gasteiger partial charge in [0.25, 0.3) is 0 Å². The molecule has 1 aliphatic heterocycles. The molecule has 2 aliphatic rings. The molecule has 1 saturated carbocycles. The van der Waals surface area contributed by atoms with Crippen LogP contribution in [0.1, 0.15) is 24.3 Å². The minimum absolute atomic E-state index is 0.0734. The van der Waals surface area contributed by atoms with Crippen LogP contribution in [-0.2, 0) is 14.3 Å². The van der Waals surface area contributed by atoms with Crippen molar-refractivity contribution in [1.29, 1.82) is 0 Å². The van der Waals surface area contributed by atoms with Crippen molar-refractivity contribution in [2.45, 2.75) is 23.1 Å². The molecule has 0 bridgehead atoms. The fraction of sp³-hybridized carbons (Fsp3) is 0.467. The second kappa shape index (κ2) is 5.18. The second-order valence-corrected chi connectivity index (χ2v) is 6.97. The zero-order chi connectivity index (χ0) is 15.2. The number of alkyl halides is 2. The Bertz CT molecular complexity index is 602. The van der Waals surface area contributed by atoms with Crippen LogP contribution in [0.5, 0.6) is 0 Å². The van der Waals surface area contributed by atoms with Crippen molar-refractivity contribution in [3.8, 4) is 0 Å². The average Bonchev–Trinajstić information content (AvgIpc) is 3.13. The van der Waals surface area contributed by atoms with Crippen molar-refractivity contribution in [3.63, 3.8) is 0 Å². The Labute approximate surface area is 133 Å². The summed E-state index contributed by atoms with van der Waals surface area (Å²) in [4.78, 5) is 26.1. The Hall–Kier alpha value is -1.26. The molecule has 0 N–H and O–H groups in total. The van der Waals surface area contributed by atoms with E-state index in [9.17, 15) is 9.59 Å². The fourth-order valence-corrected chi connectivity index (χ4v) is 3.34. The summed E-state index contributed by atoms with van der Waals surface area (Å²) in [6, 6.07) is 7.40. The molecule has 6 heteroatoms. The van der Waals surface area contributed by atoms with E-state index in [1.54, 1.807) is 4.90 Å². The number of para-hydroxylation sites is 1. The number of ether oxygens (including phenoxy) is 1. The number of halogens is 2. The van der Waals surface area contributed by atoms with E-state index in [0.29, 0.717) is 19.4 Å². The lowest BCUT2D eigenvalue weighted by molar-refractivity contribution is -0.142. The van der Waals surface area contributed by atoms with Crippen molar-refractivity contribution >= 4 is 40.8 Å². The van der Waals surface area contributed by atoms with E-state index in [0.717, 1.165) is 11.3 Å². The quantitative estimate of drug-likeness (QED) is 0.619. The van der Waals surface area contributed by atoms with Crippen molar-refractivity contribution < 1.29 is 14.3 Å². The molecular formula is C15H15Cl2NO3. The molecule has 0 radical (unpaired) electrons. The first kappa shape index (κ1) is 14.7. The van der Waals surface area contributed by atoms with Crippen LogP contribution in [-0.4, -0.2) is 29.9 Å². The summed E-state index contributed by atoms with van der Waals surface area (Å²) >= 11 is 12.0. The van der Waals surface area contributed by atoms with Crippen LogP contribution < -0.4 is 4.90 Å². The molecule has 1 aromatic carbocycles. The number of carbonyl (C=O) groups is 2. The summed E-state index contributed by atoms with van der Waals surface area (Å²) in [5.41, 5.74) is 1.57. The molecule has 1 heterocycles. The lowest BCUT2D eigenvalue weighted by Crippen LogP contribution is -2.40. The van der Waals surface area contributed by atoms with Gasteiger partial charge in [-0.05, 0) is 24.5 Å². The molecule has 4 nitrogen and oxygen atoms in total. The first-order chi connectivity index (χ1) is 9.95. The first-order valence-electron chi connectivity index (χ1n) is 6.81. The SMILES string of the molecule is COC(=O)[C@H]1CCN(C(=O)[C@@H]2CC2(Cl)Cl)c2ccccc21. The van der Waals surface area contributed by atoms with Crippen molar-refractivity contribution in [2.75, 3.05) is 18.6 Å². The molecular weight excluding hydrogens is 313 g/mol. The second-order valence-electron chi connectivity index (χ2n) is 5.43. The first-order valence-corrected chi connectivity index (χ1v) is 7.57. The van der Waals surface area contributed by atoms with Crippen LogP contribution in [0.3, 0.4) is 0 Å². The number of amides is 1. The molecule has 0 saturated heterocycles. The number of methoxy groups -OCH3 is 1. The van der Waals surface area contributed by atoms with Crippen molar-refractivity contribution in [3.05, 3.63) is 29.8 Å². The van der Waals surface area contributed by atoms with E-state index < -0.39 is 4.33 Å². The van der Waals surface area contributed by atoms with Crippen LogP contribution in [0.15, 0.2) is 24.3 Å². The molecule has 3 rings (SSSR count). The van der Waals surface area contributed by atoms with Gasteiger partial charge in [-0.15, -0.1) is 23.2 Å². The van der Waals surface area contributed by atoms with E-state index in [1.165, 1.54) is 7.11 Å². The minimum atomic E-state index is -0.939. The van der Waals surface area contributed by atoms with Gasteiger partial charge in [0, 0.05) is 12.2 Å². The maximum absolute atomic E-state index is 12.5. The third kappa shape index (κ3) is 2.51. The molecule has 0 spiro atoms. The van der Waals surface area contributed by atoms with Crippen LogP contribution in [0.2, 0.25) is 0 Å². The summed E-state index contributed by atoms with van der Waals surface area (Å²) in [5, 5.41) is 0. The number of fused-ring (bicyclic) bond motifs is 1. The zero-order valence-corrected chi connectivity index (χ0v) is 13.0. The van der Waals surface area contributed by atoms with Gasteiger partial charge in [-0.25, -0.2) is 0 Å². The fourth-order valence-electron chi connectivity index (χ4n) is 2.85. The van der Waals surface area contributed by atoms with E-state index in [2.05, 4.69) is 0 Å². The Morgan fingerprint density at radius 3 is 2.62 bits per heavy atom. The highest BCUT2D eigenvalue weighted by atomic mass is 35.5. The molecule has 1 amide bonds. The highest BCUT2D eigenvalue weighted by Crippen LogP contribution is 2.54. The van der Waals surface area contributed by atoms with Crippen LogP contribution >= 0.6 is 23.2 Å². The van der Waals surface area contributed by atoms with Gasteiger partial charge in [-0.2, -0.15) is 0 Å². The van der Waals surface area contributed by atoms with E-state index in [4.69, 9.17) is 27.9 Å². The number of nitrogens with zero attached hydrogens (tertiary/aromatic N) is 1. The lowest BCUT2D eigenvalue weighted by atomic mass is 9.89. The van der Waals surface area contributed by atoms with Crippen LogP contribution in [0.25, 0.3) is 0 Å². The van der Waals surface area contributed by atoms with Crippen molar-refractivity contribution in [1.82, 2.24) is 0 Å². The van der Waals surface area contributed by atoms with Gasteiger partial charge < -0.3 is 9.64 Å². The summed E-state index contributed by atoms with van der Waals surface area (Å²) in [6.07, 6.45) is 1.02. The van der Waals surface area contributed by atoms with Gasteiger partial charge in [-0.1, -0.05) is 18.2 Å². The number of hydrogen-bond donors (Lipinski definition) is 0. The number of rotatable bonds is 2. The molecule has 1 fully saturated rings. The third-order valence-electron chi connectivity index (χ3n) is 4.12. The summed E-state index contributed by atoms with van der Waals surface area (Å²) in [5.74, 6) is -1.03. The van der Waals surface area contributed by atoms with Gasteiger partial charge in [0.1, 0.15) is 4.33 Å². The van der Waals surface area contributed by atoms with Crippen LogP contribution in [0, 0.1) is 5.92 Å². The minimum Gasteiger partial charge on any atom is -0.469 e. The number of esters is 1. The van der Waals surface area contributed by atoms with Crippen molar-refractivity contribution in [2.24, 2.45) is 5.92 Å². The molecule has 2 atom stereocenters. The maximum atomic E-state index is 12.5. The number of anilines is 1. The average molecular weight is 328 g/mol. The summed E-state index contributed by atoms with van der Waals surface area (Å²) < 4.78 is 3.91. The molecule has 112 valence electrons. The Morgan fingerprint density at radius 2 is 2.00 bits per heavy atom. The zero-order valence-electron chi connectivity index (χ0n) is 11.5. The van der Waals surface area contributed by atoms with Gasteiger partial charge in [0.2, 0.25) is 5.91 Å². The number of benzene rings is 1. The largest absolute Gasteiger partial charge is 0.469 e. The molecule has 0 aromatic heterocycles. The highest BCUT2D eigenvalue weighted by molar-refractivity contribution is 6.52. The van der Waals surface area contributed by atoms with Gasteiger partial charge in [0.15, 0.2) is 0 Å². The maximum Gasteiger partial charge on any atom is 0.313 e. The summed E-state index contributed by atoms with van der Waals surface area (Å²) in [6.45, 7) is 0.468.